The summed E-state index contributed by atoms with van der Waals surface area (Å²) in [5.74, 6) is 1.06. The van der Waals surface area contributed by atoms with Gasteiger partial charge in [0.05, 0.1) is 18.3 Å². The number of hydrogen-bond donors (Lipinski definition) is 0. The summed E-state index contributed by atoms with van der Waals surface area (Å²) < 4.78 is 5.77. The van der Waals surface area contributed by atoms with Crippen molar-refractivity contribution in [3.63, 3.8) is 0 Å². The Hall–Kier alpha value is -2.53. The Morgan fingerprint density at radius 1 is 1.04 bits per heavy atom. The van der Waals surface area contributed by atoms with Crippen LogP contribution in [-0.4, -0.2) is 56.7 Å². The highest BCUT2D eigenvalue weighted by molar-refractivity contribution is 5.96. The molecule has 1 amide bonds. The molecule has 5 nitrogen and oxygen atoms in total. The van der Waals surface area contributed by atoms with Crippen molar-refractivity contribution in [2.24, 2.45) is 0 Å². The number of rotatable bonds is 6. The topological polar surface area (TPSA) is 36.0 Å². The Bertz CT molecular complexity index is 742. The van der Waals surface area contributed by atoms with Gasteiger partial charge in [0, 0.05) is 38.9 Å². The van der Waals surface area contributed by atoms with Crippen LogP contribution in [-0.2, 0) is 4.79 Å². The molecule has 1 atom stereocenters. The third-order valence-corrected chi connectivity index (χ3v) is 5.20. The molecule has 2 aromatic rings. The summed E-state index contributed by atoms with van der Waals surface area (Å²) in [6.07, 6.45) is 0. The van der Waals surface area contributed by atoms with Gasteiger partial charge in [0.2, 0.25) is 5.91 Å². The lowest BCUT2D eigenvalue weighted by Crippen LogP contribution is -2.54. The van der Waals surface area contributed by atoms with Gasteiger partial charge < -0.3 is 14.5 Å². The van der Waals surface area contributed by atoms with Crippen LogP contribution >= 0.6 is 0 Å². The lowest BCUT2D eigenvalue weighted by molar-refractivity contribution is -0.123. The molecule has 0 aromatic heterocycles. The summed E-state index contributed by atoms with van der Waals surface area (Å²) in [6.45, 7) is 8.16. The van der Waals surface area contributed by atoms with Crippen LogP contribution in [0, 0.1) is 0 Å². The molecule has 3 rings (SSSR count). The van der Waals surface area contributed by atoms with Gasteiger partial charge >= 0.3 is 0 Å². The number of amides is 1. The van der Waals surface area contributed by atoms with E-state index in [0.29, 0.717) is 6.61 Å². The number of hydrogen-bond acceptors (Lipinski definition) is 4. The molecule has 0 radical (unpaired) electrons. The maximum absolute atomic E-state index is 12.9. The first-order valence-corrected chi connectivity index (χ1v) is 9.65. The van der Waals surface area contributed by atoms with Crippen molar-refractivity contribution >= 4 is 17.3 Å². The molecule has 1 aliphatic rings. The number of ether oxygens (including phenoxy) is 1. The van der Waals surface area contributed by atoms with E-state index in [-0.39, 0.29) is 11.9 Å². The second kappa shape index (κ2) is 8.91. The molecule has 0 saturated carbocycles. The summed E-state index contributed by atoms with van der Waals surface area (Å²) in [5.41, 5.74) is 2.07. The van der Waals surface area contributed by atoms with Crippen molar-refractivity contribution < 1.29 is 9.53 Å². The molecule has 2 aromatic carbocycles. The lowest BCUT2D eigenvalue weighted by atomic mass is 10.1. The predicted molar refractivity (Wildman–Crippen MR) is 111 cm³/mol. The Kier molecular flexibility index (Phi) is 6.35. The first-order chi connectivity index (χ1) is 13.1. The van der Waals surface area contributed by atoms with Crippen molar-refractivity contribution in [2.75, 3.05) is 49.6 Å². The molecule has 144 valence electrons. The van der Waals surface area contributed by atoms with Gasteiger partial charge in [-0.25, -0.2) is 0 Å². The highest BCUT2D eigenvalue weighted by atomic mass is 16.5. The summed E-state index contributed by atoms with van der Waals surface area (Å²) in [4.78, 5) is 19.2. The molecule has 5 heteroatoms. The number of likely N-dealkylation sites (N-methyl/N-ethyl adjacent to an activating group) is 1. The van der Waals surface area contributed by atoms with E-state index in [2.05, 4.69) is 15.9 Å². The molecule has 1 heterocycles. The first-order valence-electron chi connectivity index (χ1n) is 9.65. The zero-order valence-corrected chi connectivity index (χ0v) is 16.5. The fourth-order valence-corrected chi connectivity index (χ4v) is 3.56. The summed E-state index contributed by atoms with van der Waals surface area (Å²) in [5, 5.41) is 0. The van der Waals surface area contributed by atoms with Crippen molar-refractivity contribution in [1.82, 2.24) is 4.90 Å². The fourth-order valence-electron chi connectivity index (χ4n) is 3.56. The van der Waals surface area contributed by atoms with E-state index >= 15 is 0 Å². The number of piperazine rings is 1. The second-order valence-corrected chi connectivity index (χ2v) is 6.83. The van der Waals surface area contributed by atoms with Crippen LogP contribution in [0.1, 0.15) is 13.8 Å². The van der Waals surface area contributed by atoms with Gasteiger partial charge in [-0.2, -0.15) is 0 Å². The van der Waals surface area contributed by atoms with Crippen LogP contribution in [0.25, 0.3) is 0 Å². The smallest absolute Gasteiger partial charge is 0.243 e. The molecule has 0 spiro atoms. The van der Waals surface area contributed by atoms with E-state index < -0.39 is 0 Å². The minimum atomic E-state index is -0.139. The van der Waals surface area contributed by atoms with Crippen LogP contribution < -0.4 is 14.5 Å². The van der Waals surface area contributed by atoms with Gasteiger partial charge in [-0.15, -0.1) is 0 Å². The molecule has 1 saturated heterocycles. The zero-order valence-electron chi connectivity index (χ0n) is 16.5. The maximum atomic E-state index is 12.9. The fraction of sp³-hybridized carbons (Fsp3) is 0.409. The predicted octanol–water partition coefficient (Wildman–Crippen LogP) is 3.26. The molecule has 0 bridgehead atoms. The number of nitrogens with zero attached hydrogens (tertiary/aromatic N) is 3. The monoisotopic (exact) mass is 367 g/mol. The van der Waals surface area contributed by atoms with E-state index in [9.17, 15) is 4.79 Å². The quantitative estimate of drug-likeness (QED) is 0.785. The molecule has 27 heavy (non-hydrogen) atoms. The van der Waals surface area contributed by atoms with E-state index in [0.717, 1.165) is 43.3 Å². The highest BCUT2D eigenvalue weighted by Gasteiger charge is 2.28. The second-order valence-electron chi connectivity index (χ2n) is 6.83. The lowest BCUT2D eigenvalue weighted by Gasteiger charge is -2.39. The third-order valence-electron chi connectivity index (χ3n) is 5.20. The largest absolute Gasteiger partial charge is 0.492 e. The van der Waals surface area contributed by atoms with E-state index in [1.807, 2.05) is 69.4 Å². The van der Waals surface area contributed by atoms with Crippen LogP contribution in [0.4, 0.5) is 11.4 Å². The normalized spacial score (nSPS) is 16.0. The molecule has 0 unspecified atom stereocenters. The minimum Gasteiger partial charge on any atom is -0.492 e. The molecular formula is C22H29N3O2. The number of benzene rings is 2. The molecule has 0 aliphatic carbocycles. The highest BCUT2D eigenvalue weighted by Crippen LogP contribution is 2.29. The Labute approximate surface area is 162 Å². The maximum Gasteiger partial charge on any atom is 0.243 e. The zero-order chi connectivity index (χ0) is 19.2. The van der Waals surface area contributed by atoms with Crippen molar-refractivity contribution in [1.29, 1.82) is 0 Å². The minimum absolute atomic E-state index is 0.129. The summed E-state index contributed by atoms with van der Waals surface area (Å²) in [6, 6.07) is 17.8. The van der Waals surface area contributed by atoms with Gasteiger partial charge in [0.25, 0.3) is 0 Å². The molecule has 1 aliphatic heterocycles. The number of para-hydroxylation sites is 3. The number of carbonyl (C=O) groups excluding carboxylic acids is 1. The van der Waals surface area contributed by atoms with Gasteiger partial charge in [0.15, 0.2) is 0 Å². The van der Waals surface area contributed by atoms with Crippen LogP contribution in [0.5, 0.6) is 5.75 Å². The van der Waals surface area contributed by atoms with Crippen LogP contribution in [0.2, 0.25) is 0 Å². The van der Waals surface area contributed by atoms with Crippen molar-refractivity contribution in [2.45, 2.75) is 19.9 Å². The summed E-state index contributed by atoms with van der Waals surface area (Å²) in [7, 11) is 1.85. The van der Waals surface area contributed by atoms with Crippen LogP contribution in [0.15, 0.2) is 54.6 Å². The number of carbonyl (C=O) groups is 1. The van der Waals surface area contributed by atoms with E-state index in [4.69, 9.17) is 4.74 Å². The average molecular weight is 367 g/mol. The Balaban J connectivity index is 1.61. The first kappa shape index (κ1) is 19.2. The SMILES string of the molecule is CCOc1ccccc1N1CCN([C@@H](C)C(=O)N(C)c2ccccc2)CC1. The number of anilines is 2. The molecule has 1 fully saturated rings. The Morgan fingerprint density at radius 2 is 1.67 bits per heavy atom. The third kappa shape index (κ3) is 4.42. The Morgan fingerprint density at radius 3 is 2.33 bits per heavy atom. The van der Waals surface area contributed by atoms with Gasteiger partial charge in [-0.05, 0) is 38.1 Å². The van der Waals surface area contributed by atoms with E-state index in [1.54, 1.807) is 4.90 Å². The average Bonchev–Trinajstić information content (AvgIpc) is 2.73. The molecule has 0 N–H and O–H groups in total. The standard InChI is InChI=1S/C22H29N3O2/c1-4-27-21-13-9-8-12-20(21)25-16-14-24(15-17-25)18(2)22(26)23(3)19-10-6-5-7-11-19/h5-13,18H,4,14-17H2,1-3H3/t18-/m0/s1. The van der Waals surface area contributed by atoms with E-state index in [1.165, 1.54) is 0 Å². The van der Waals surface area contributed by atoms with Gasteiger partial charge in [0.1, 0.15) is 5.75 Å². The van der Waals surface area contributed by atoms with Crippen LogP contribution in [0.3, 0.4) is 0 Å². The van der Waals surface area contributed by atoms with Gasteiger partial charge in [-0.3, -0.25) is 9.69 Å². The van der Waals surface area contributed by atoms with Crippen molar-refractivity contribution in [3.8, 4) is 5.75 Å². The van der Waals surface area contributed by atoms with Gasteiger partial charge in [-0.1, -0.05) is 30.3 Å². The van der Waals surface area contributed by atoms with Crippen molar-refractivity contribution in [3.05, 3.63) is 54.6 Å². The molecular weight excluding hydrogens is 338 g/mol. The summed E-state index contributed by atoms with van der Waals surface area (Å²) >= 11 is 0.